The second kappa shape index (κ2) is 6.89. The van der Waals surface area contributed by atoms with Crippen LogP contribution in [0.15, 0.2) is 30.0 Å². The number of aliphatic carboxylic acids is 1. The third-order valence-corrected chi connectivity index (χ3v) is 5.31. The molecule has 2 aliphatic heterocycles. The second-order valence-corrected chi connectivity index (χ2v) is 6.52. The van der Waals surface area contributed by atoms with Crippen LogP contribution in [0.5, 0.6) is 0 Å². The van der Waals surface area contributed by atoms with Gasteiger partial charge in [0.15, 0.2) is 0 Å². The van der Waals surface area contributed by atoms with Gasteiger partial charge in [0, 0.05) is 10.5 Å². The Morgan fingerprint density at radius 2 is 2.08 bits per heavy atom. The van der Waals surface area contributed by atoms with Crippen molar-refractivity contribution >= 4 is 34.5 Å². The van der Waals surface area contributed by atoms with E-state index in [4.69, 9.17) is 5.73 Å². The van der Waals surface area contributed by atoms with Crippen molar-refractivity contribution in [3.8, 4) is 0 Å². The largest absolute Gasteiger partial charge is 1.00 e. The molecular weight excluding hydrogens is 343 g/mol. The molecule has 1 saturated heterocycles. The summed E-state index contributed by atoms with van der Waals surface area (Å²) in [6, 6.07) is 6.20. The molecule has 0 aliphatic carbocycles. The Labute approximate surface area is 164 Å². The topological polar surface area (TPSA) is 124 Å². The summed E-state index contributed by atoms with van der Waals surface area (Å²) in [5.74, 6) is -3.22. The monoisotopic (exact) mass is 356 g/mol. The number of primary amides is 1. The standard InChI is InChI=1S/C15H14N2O5S.Na/c1-6(18)9-13(20)17-10(15(21)22)11(23-14(9)17)7-3-2-4-8(5-7)12(16)19;/h2-6,9,14,18H,1H3,(H2,16,19)(H,21,22);/q;+1/p-1/t6?,9-,14+;/m0./s1. The van der Waals surface area contributed by atoms with Crippen molar-refractivity contribution in [3.05, 3.63) is 41.1 Å². The minimum absolute atomic E-state index is 0. The zero-order valence-corrected chi connectivity index (χ0v) is 15.9. The maximum Gasteiger partial charge on any atom is 1.00 e. The van der Waals surface area contributed by atoms with Gasteiger partial charge in [-0.2, -0.15) is 0 Å². The number of amides is 2. The first-order chi connectivity index (χ1) is 10.8. The van der Waals surface area contributed by atoms with Gasteiger partial charge < -0.3 is 20.7 Å². The third kappa shape index (κ3) is 2.89. The smallest absolute Gasteiger partial charge is 0.543 e. The van der Waals surface area contributed by atoms with Gasteiger partial charge in [-0.3, -0.25) is 14.5 Å². The molecule has 0 aromatic heterocycles. The van der Waals surface area contributed by atoms with Crippen LogP contribution in [0.1, 0.15) is 22.8 Å². The number of hydrogen-bond acceptors (Lipinski definition) is 6. The summed E-state index contributed by atoms with van der Waals surface area (Å²) in [4.78, 5) is 36.3. The van der Waals surface area contributed by atoms with Crippen molar-refractivity contribution in [1.82, 2.24) is 4.90 Å². The third-order valence-electron chi connectivity index (χ3n) is 3.90. The Kier molecular flexibility index (Phi) is 5.46. The van der Waals surface area contributed by atoms with Crippen molar-refractivity contribution in [2.24, 2.45) is 11.7 Å². The molecule has 24 heavy (non-hydrogen) atoms. The van der Waals surface area contributed by atoms with Crippen LogP contribution in [-0.2, 0) is 9.59 Å². The number of benzene rings is 1. The number of thioether (sulfide) groups is 1. The molecular formula is C15H13N2NaO5S. The number of carbonyl (C=O) groups is 3. The van der Waals surface area contributed by atoms with E-state index in [9.17, 15) is 24.6 Å². The van der Waals surface area contributed by atoms with Gasteiger partial charge >= 0.3 is 29.6 Å². The Hall–Kier alpha value is -1.32. The van der Waals surface area contributed by atoms with Crippen LogP contribution in [0.2, 0.25) is 0 Å². The molecule has 1 fully saturated rings. The zero-order valence-electron chi connectivity index (χ0n) is 13.1. The van der Waals surface area contributed by atoms with Crippen LogP contribution in [0, 0.1) is 5.92 Å². The number of nitrogens with two attached hydrogens (primary N) is 1. The van der Waals surface area contributed by atoms with E-state index in [2.05, 4.69) is 0 Å². The number of carboxylic acids is 1. The van der Waals surface area contributed by atoms with Crippen LogP contribution < -0.4 is 40.4 Å². The zero-order chi connectivity index (χ0) is 16.9. The fourth-order valence-electron chi connectivity index (χ4n) is 2.79. The molecule has 2 heterocycles. The number of rotatable bonds is 4. The number of aliphatic hydroxyl groups excluding tert-OH is 1. The molecule has 3 N–H and O–H groups in total. The summed E-state index contributed by atoms with van der Waals surface area (Å²) in [7, 11) is 0. The Balaban J connectivity index is 0.00000208. The van der Waals surface area contributed by atoms with E-state index in [0.717, 1.165) is 16.7 Å². The minimum atomic E-state index is -1.48. The number of hydrogen-bond donors (Lipinski definition) is 2. The van der Waals surface area contributed by atoms with Crippen LogP contribution in [0.25, 0.3) is 4.91 Å². The Morgan fingerprint density at radius 3 is 2.62 bits per heavy atom. The molecule has 1 unspecified atom stereocenters. The summed E-state index contributed by atoms with van der Waals surface area (Å²) in [5.41, 5.74) is 5.71. The van der Waals surface area contributed by atoms with Gasteiger partial charge in [-0.05, 0) is 24.6 Å². The number of carboxylic acid groups (broad SMARTS) is 1. The van der Waals surface area contributed by atoms with Crippen molar-refractivity contribution in [1.29, 1.82) is 0 Å². The first kappa shape index (κ1) is 19.0. The normalized spacial score (nSPS) is 23.2. The number of aliphatic hydroxyl groups is 1. The van der Waals surface area contributed by atoms with Crippen LogP contribution in [0.4, 0.5) is 0 Å². The fraction of sp³-hybridized carbons (Fsp3) is 0.267. The van der Waals surface area contributed by atoms with E-state index < -0.39 is 35.2 Å². The van der Waals surface area contributed by atoms with Gasteiger partial charge in [-0.1, -0.05) is 23.9 Å². The van der Waals surface area contributed by atoms with Gasteiger partial charge in [-0.15, -0.1) is 0 Å². The molecule has 9 heteroatoms. The Morgan fingerprint density at radius 1 is 1.42 bits per heavy atom. The van der Waals surface area contributed by atoms with Gasteiger partial charge in [0.05, 0.1) is 23.7 Å². The minimum Gasteiger partial charge on any atom is -0.543 e. The Bertz CT molecular complexity index is 764. The first-order valence-electron chi connectivity index (χ1n) is 6.86. The molecule has 0 bridgehead atoms. The van der Waals surface area contributed by atoms with Crippen LogP contribution >= 0.6 is 11.8 Å². The number of fused-ring (bicyclic) bond motifs is 1. The molecule has 2 aliphatic rings. The van der Waals surface area contributed by atoms with Gasteiger partial charge in [0.1, 0.15) is 5.37 Å². The maximum absolute atomic E-state index is 12.1. The van der Waals surface area contributed by atoms with Crippen molar-refractivity contribution in [2.75, 3.05) is 0 Å². The molecule has 1 aromatic rings. The van der Waals surface area contributed by atoms with Gasteiger partial charge in [0.25, 0.3) is 0 Å². The summed E-state index contributed by atoms with van der Waals surface area (Å²) < 4.78 is 0. The van der Waals surface area contributed by atoms with E-state index >= 15 is 0 Å². The predicted octanol–water partition coefficient (Wildman–Crippen LogP) is -3.88. The van der Waals surface area contributed by atoms with E-state index in [1.54, 1.807) is 12.1 Å². The molecule has 0 spiro atoms. The second-order valence-electron chi connectivity index (χ2n) is 5.39. The average molecular weight is 356 g/mol. The summed E-state index contributed by atoms with van der Waals surface area (Å²) in [5, 5.41) is 20.7. The first-order valence-corrected chi connectivity index (χ1v) is 7.74. The number of carbonyl (C=O) groups excluding carboxylic acids is 3. The SMILES string of the molecule is CC(O)[C@H]1C(=O)N2C(C(=O)[O-])=C(c3cccc(C(N)=O)c3)S[C@H]12.[Na+]. The molecule has 1 aromatic carbocycles. The number of nitrogens with zero attached hydrogens (tertiary/aromatic N) is 1. The molecule has 2 amide bonds. The van der Waals surface area contributed by atoms with Crippen molar-refractivity contribution < 1.29 is 54.2 Å². The van der Waals surface area contributed by atoms with Gasteiger partial charge in [-0.25, -0.2) is 0 Å². The van der Waals surface area contributed by atoms with Crippen LogP contribution in [-0.4, -0.2) is 39.3 Å². The fourth-order valence-corrected chi connectivity index (χ4v) is 4.39. The average Bonchev–Trinajstić information content (AvgIpc) is 2.82. The van der Waals surface area contributed by atoms with Crippen LogP contribution in [0.3, 0.4) is 0 Å². The van der Waals surface area contributed by atoms with Crippen molar-refractivity contribution in [3.63, 3.8) is 0 Å². The molecule has 120 valence electrons. The molecule has 3 rings (SSSR count). The molecule has 0 radical (unpaired) electrons. The van der Waals surface area contributed by atoms with E-state index in [-0.39, 0.29) is 40.8 Å². The maximum atomic E-state index is 12.1. The van der Waals surface area contributed by atoms with E-state index in [0.29, 0.717) is 10.5 Å². The quantitative estimate of drug-likeness (QED) is 0.420. The van der Waals surface area contributed by atoms with E-state index in [1.807, 2.05) is 0 Å². The molecule has 0 saturated carbocycles. The molecule has 7 nitrogen and oxygen atoms in total. The summed E-state index contributed by atoms with van der Waals surface area (Å²) in [6.45, 7) is 1.49. The number of β-lactam (4-membered cyclic amide) rings is 1. The predicted molar refractivity (Wildman–Crippen MR) is 80.3 cm³/mol. The summed E-state index contributed by atoms with van der Waals surface area (Å²) in [6.07, 6.45) is -0.879. The summed E-state index contributed by atoms with van der Waals surface area (Å²) >= 11 is 1.16. The van der Waals surface area contributed by atoms with Gasteiger partial charge in [0.2, 0.25) is 11.8 Å². The van der Waals surface area contributed by atoms with Crippen molar-refractivity contribution in [2.45, 2.75) is 18.4 Å². The molecule has 3 atom stereocenters. The van der Waals surface area contributed by atoms with E-state index in [1.165, 1.54) is 19.1 Å².